The number of hydrogen-bond donors (Lipinski definition) is 0. The second-order valence-corrected chi connectivity index (χ2v) is 6.43. The molecule has 1 aromatic heterocycles. The van der Waals surface area contributed by atoms with Crippen LogP contribution in [-0.2, 0) is 13.1 Å². The third-order valence-corrected chi connectivity index (χ3v) is 4.68. The first-order valence-electron chi connectivity index (χ1n) is 7.77. The molecule has 0 amide bonds. The minimum absolute atomic E-state index is 0.336. The summed E-state index contributed by atoms with van der Waals surface area (Å²) < 4.78 is 11.3. The van der Waals surface area contributed by atoms with Gasteiger partial charge in [0.05, 0.1) is 5.56 Å². The van der Waals surface area contributed by atoms with E-state index in [1.54, 1.807) is 0 Å². The van der Waals surface area contributed by atoms with Crippen LogP contribution in [0.4, 0.5) is 0 Å². The maximum absolute atomic E-state index is 11.8. The highest BCUT2D eigenvalue weighted by atomic mass is 35.5. The van der Waals surface area contributed by atoms with Crippen molar-refractivity contribution in [1.29, 1.82) is 0 Å². The second-order valence-electron chi connectivity index (χ2n) is 6.02. The van der Waals surface area contributed by atoms with Gasteiger partial charge in [0.2, 0.25) is 0 Å². The van der Waals surface area contributed by atoms with Gasteiger partial charge in [-0.1, -0.05) is 29.8 Å². The lowest BCUT2D eigenvalue weighted by atomic mass is 10.0. The molecule has 3 aromatic rings. The van der Waals surface area contributed by atoms with Gasteiger partial charge in [0.15, 0.2) is 0 Å². The Bertz CT molecular complexity index is 980. The zero-order valence-electron chi connectivity index (χ0n) is 13.2. The molecule has 4 nitrogen and oxygen atoms in total. The third kappa shape index (κ3) is 2.68. The van der Waals surface area contributed by atoms with E-state index in [-0.39, 0.29) is 5.63 Å². The fourth-order valence-corrected chi connectivity index (χ4v) is 3.30. The fourth-order valence-electron chi connectivity index (χ4n) is 3.11. The van der Waals surface area contributed by atoms with Crippen LogP contribution in [-0.4, -0.2) is 11.6 Å². The molecule has 0 saturated heterocycles. The summed E-state index contributed by atoms with van der Waals surface area (Å²) in [6, 6.07) is 13.2. The van der Waals surface area contributed by atoms with E-state index >= 15 is 0 Å². The molecule has 0 fully saturated rings. The number of fused-ring (bicyclic) bond motifs is 3. The fraction of sp³-hybridized carbons (Fsp3) is 0.211. The third-order valence-electron chi connectivity index (χ3n) is 4.32. The molecule has 2 aromatic carbocycles. The van der Waals surface area contributed by atoms with Gasteiger partial charge in [-0.05, 0) is 36.2 Å². The van der Waals surface area contributed by atoms with E-state index in [4.69, 9.17) is 20.8 Å². The maximum atomic E-state index is 11.8. The molecule has 1 aliphatic heterocycles. The average Bonchev–Trinajstić information content (AvgIpc) is 2.57. The lowest BCUT2D eigenvalue weighted by Gasteiger charge is -2.29. The normalized spacial score (nSPS) is 14.4. The maximum Gasteiger partial charge on any atom is 0.336 e. The van der Waals surface area contributed by atoms with Crippen molar-refractivity contribution in [3.05, 3.63) is 74.6 Å². The Hall–Kier alpha value is -2.30. The Kier molecular flexibility index (Phi) is 3.79. The minimum atomic E-state index is -0.336. The summed E-state index contributed by atoms with van der Waals surface area (Å²) in [5.41, 5.74) is 3.14. The summed E-state index contributed by atoms with van der Waals surface area (Å²) in [5, 5.41) is 1.68. The van der Waals surface area contributed by atoms with E-state index in [0.29, 0.717) is 25.4 Å². The zero-order chi connectivity index (χ0) is 16.7. The van der Waals surface area contributed by atoms with Crippen molar-refractivity contribution in [2.45, 2.75) is 20.0 Å². The molecule has 0 atom stereocenters. The molecule has 0 N–H and O–H groups in total. The van der Waals surface area contributed by atoms with Crippen molar-refractivity contribution in [2.24, 2.45) is 0 Å². The van der Waals surface area contributed by atoms with E-state index in [0.717, 1.165) is 32.8 Å². The van der Waals surface area contributed by atoms with Gasteiger partial charge in [-0.15, -0.1) is 0 Å². The summed E-state index contributed by atoms with van der Waals surface area (Å²) in [4.78, 5) is 13.9. The van der Waals surface area contributed by atoms with Crippen LogP contribution < -0.4 is 10.4 Å². The van der Waals surface area contributed by atoms with Crippen molar-refractivity contribution in [1.82, 2.24) is 4.90 Å². The number of aryl methyl sites for hydroxylation is 1. The van der Waals surface area contributed by atoms with Crippen molar-refractivity contribution in [3.63, 3.8) is 0 Å². The lowest BCUT2D eigenvalue weighted by Crippen LogP contribution is -2.31. The van der Waals surface area contributed by atoms with Crippen molar-refractivity contribution >= 4 is 22.6 Å². The van der Waals surface area contributed by atoms with E-state index < -0.39 is 0 Å². The number of rotatable bonds is 2. The smallest absolute Gasteiger partial charge is 0.336 e. The Labute approximate surface area is 144 Å². The topological polar surface area (TPSA) is 42.7 Å². The predicted molar refractivity (Wildman–Crippen MR) is 93.4 cm³/mol. The van der Waals surface area contributed by atoms with Gasteiger partial charge in [-0.2, -0.15) is 0 Å². The molecule has 24 heavy (non-hydrogen) atoms. The SMILES string of the molecule is Cc1cc(=O)oc2c3c(ccc12)OCN(Cc1ccccc1Cl)C3. The van der Waals surface area contributed by atoms with Crippen LogP contribution in [0.25, 0.3) is 11.0 Å². The lowest BCUT2D eigenvalue weighted by molar-refractivity contribution is 0.0890. The van der Waals surface area contributed by atoms with Gasteiger partial charge in [0.25, 0.3) is 0 Å². The highest BCUT2D eigenvalue weighted by Crippen LogP contribution is 2.33. The quantitative estimate of drug-likeness (QED) is 0.658. The molecule has 0 spiro atoms. The molecule has 0 unspecified atom stereocenters. The highest BCUT2D eigenvalue weighted by Gasteiger charge is 2.22. The molecule has 2 heterocycles. The van der Waals surface area contributed by atoms with Crippen LogP contribution >= 0.6 is 11.6 Å². The molecule has 4 rings (SSSR count). The van der Waals surface area contributed by atoms with E-state index in [9.17, 15) is 4.79 Å². The molecule has 0 saturated carbocycles. The number of halogens is 1. The number of ether oxygens (including phenoxy) is 1. The molecular weight excluding hydrogens is 326 g/mol. The molecule has 122 valence electrons. The summed E-state index contributed by atoms with van der Waals surface area (Å²) in [5.74, 6) is 0.770. The second kappa shape index (κ2) is 5.96. The molecule has 0 aliphatic carbocycles. The van der Waals surface area contributed by atoms with Crippen LogP contribution in [0.1, 0.15) is 16.7 Å². The van der Waals surface area contributed by atoms with Gasteiger partial charge in [0, 0.05) is 29.6 Å². The van der Waals surface area contributed by atoms with Gasteiger partial charge >= 0.3 is 5.63 Å². The molecule has 5 heteroatoms. The summed E-state index contributed by atoms with van der Waals surface area (Å²) in [6.07, 6.45) is 0. The summed E-state index contributed by atoms with van der Waals surface area (Å²) >= 11 is 6.25. The first kappa shape index (κ1) is 15.2. The van der Waals surface area contributed by atoms with Crippen molar-refractivity contribution in [3.8, 4) is 5.75 Å². The van der Waals surface area contributed by atoms with Gasteiger partial charge < -0.3 is 9.15 Å². The largest absolute Gasteiger partial charge is 0.478 e. The minimum Gasteiger partial charge on any atom is -0.478 e. The van der Waals surface area contributed by atoms with E-state index in [1.165, 1.54) is 6.07 Å². The molecule has 0 radical (unpaired) electrons. The summed E-state index contributed by atoms with van der Waals surface area (Å²) in [7, 11) is 0. The predicted octanol–water partition coefficient (Wildman–Crippen LogP) is 4.11. The van der Waals surface area contributed by atoms with Gasteiger partial charge in [-0.25, -0.2) is 4.79 Å². The number of hydrogen-bond acceptors (Lipinski definition) is 4. The Morgan fingerprint density at radius 3 is 2.88 bits per heavy atom. The van der Waals surface area contributed by atoms with Crippen molar-refractivity contribution in [2.75, 3.05) is 6.73 Å². The van der Waals surface area contributed by atoms with Crippen molar-refractivity contribution < 1.29 is 9.15 Å². The molecule has 1 aliphatic rings. The molecular formula is C19H16ClNO3. The Balaban J connectivity index is 1.72. The first-order valence-corrected chi connectivity index (χ1v) is 8.14. The molecule has 0 bridgehead atoms. The van der Waals surface area contributed by atoms with Crippen LogP contribution in [0.5, 0.6) is 5.75 Å². The highest BCUT2D eigenvalue weighted by molar-refractivity contribution is 6.31. The van der Waals surface area contributed by atoms with Crippen LogP contribution in [0, 0.1) is 6.92 Å². The van der Waals surface area contributed by atoms with E-state index in [2.05, 4.69) is 4.90 Å². The standard InChI is InChI=1S/C19H16ClNO3/c1-12-8-18(22)24-19-14(12)6-7-17-15(19)10-21(11-23-17)9-13-4-2-3-5-16(13)20/h2-8H,9-11H2,1H3. The average molecular weight is 342 g/mol. The summed E-state index contributed by atoms with van der Waals surface area (Å²) in [6.45, 7) is 3.70. The van der Waals surface area contributed by atoms with Crippen LogP contribution in [0.3, 0.4) is 0 Å². The first-order chi connectivity index (χ1) is 11.6. The van der Waals surface area contributed by atoms with Crippen LogP contribution in [0.15, 0.2) is 51.7 Å². The Morgan fingerprint density at radius 2 is 2.04 bits per heavy atom. The van der Waals surface area contributed by atoms with Crippen LogP contribution in [0.2, 0.25) is 5.02 Å². The monoisotopic (exact) mass is 341 g/mol. The Morgan fingerprint density at radius 1 is 1.21 bits per heavy atom. The number of benzene rings is 2. The van der Waals surface area contributed by atoms with Gasteiger partial charge in [0.1, 0.15) is 18.1 Å². The zero-order valence-corrected chi connectivity index (χ0v) is 14.0. The number of nitrogens with zero attached hydrogens (tertiary/aromatic N) is 1. The van der Waals surface area contributed by atoms with E-state index in [1.807, 2.05) is 43.3 Å². The van der Waals surface area contributed by atoms with Gasteiger partial charge in [-0.3, -0.25) is 4.90 Å².